The average Bonchev–Trinajstić information content (AvgIpc) is 3.16. The van der Waals surface area contributed by atoms with Crippen LogP contribution >= 0.6 is 0 Å². The number of rotatable bonds is 44. The van der Waals surface area contributed by atoms with Gasteiger partial charge in [0.1, 0.15) is 13.2 Å². The van der Waals surface area contributed by atoms with Crippen molar-refractivity contribution < 1.29 is 28.6 Å². The van der Waals surface area contributed by atoms with E-state index in [0.717, 1.165) is 69.6 Å². The molecule has 0 saturated heterocycles. The largest absolute Gasteiger partial charge is 0.462 e. The molecule has 0 aromatic rings. The first-order valence-corrected chi connectivity index (χ1v) is 24.7. The minimum Gasteiger partial charge on any atom is -0.462 e. The monoisotopic (exact) mass is 793 g/mol. The SMILES string of the molecule is CCCCCCCCCCCC(=O)O[C@H](COC(=O)CCCCCCCCCCCCCCCCC(C)C)COC(=O)CCCCCCCCCCCC(C)C. The second-order valence-electron chi connectivity index (χ2n) is 18.1. The van der Waals surface area contributed by atoms with Gasteiger partial charge in [0.2, 0.25) is 0 Å². The van der Waals surface area contributed by atoms with Gasteiger partial charge in [-0.05, 0) is 31.1 Å². The third-order valence-electron chi connectivity index (χ3n) is 11.2. The zero-order valence-corrected chi connectivity index (χ0v) is 38.3. The Morgan fingerprint density at radius 3 is 0.875 bits per heavy atom. The molecule has 0 aromatic carbocycles. The van der Waals surface area contributed by atoms with Crippen LogP contribution in [0, 0.1) is 11.8 Å². The van der Waals surface area contributed by atoms with E-state index in [1.165, 1.54) is 161 Å². The second-order valence-corrected chi connectivity index (χ2v) is 18.1. The fraction of sp³-hybridized carbons (Fsp3) is 0.940. The second kappa shape index (κ2) is 43.0. The van der Waals surface area contributed by atoms with Crippen LogP contribution in [0.25, 0.3) is 0 Å². The maximum absolute atomic E-state index is 12.7. The molecule has 1 atom stereocenters. The van der Waals surface area contributed by atoms with Crippen LogP contribution in [-0.2, 0) is 28.6 Å². The summed E-state index contributed by atoms with van der Waals surface area (Å²) in [5.74, 6) is 0.799. The van der Waals surface area contributed by atoms with Gasteiger partial charge in [0.25, 0.3) is 0 Å². The minimum absolute atomic E-state index is 0.0643. The number of carbonyl (C=O) groups is 3. The van der Waals surface area contributed by atoms with Crippen LogP contribution < -0.4 is 0 Å². The molecule has 332 valence electrons. The number of unbranched alkanes of at least 4 members (excludes halogenated alkanes) is 29. The third-order valence-corrected chi connectivity index (χ3v) is 11.2. The minimum atomic E-state index is -0.760. The van der Waals surface area contributed by atoms with Gasteiger partial charge in [-0.2, -0.15) is 0 Å². The highest BCUT2D eigenvalue weighted by atomic mass is 16.6. The number of ether oxygens (including phenoxy) is 3. The van der Waals surface area contributed by atoms with E-state index in [1.54, 1.807) is 0 Å². The molecule has 0 radical (unpaired) electrons. The van der Waals surface area contributed by atoms with E-state index in [2.05, 4.69) is 34.6 Å². The molecule has 0 bridgehead atoms. The van der Waals surface area contributed by atoms with Gasteiger partial charge in [-0.15, -0.1) is 0 Å². The zero-order valence-electron chi connectivity index (χ0n) is 38.3. The summed E-state index contributed by atoms with van der Waals surface area (Å²) in [6.07, 6.45) is 42.4. The summed E-state index contributed by atoms with van der Waals surface area (Å²) >= 11 is 0. The molecule has 0 unspecified atom stereocenters. The van der Waals surface area contributed by atoms with E-state index in [-0.39, 0.29) is 31.1 Å². The molecule has 0 rings (SSSR count). The fourth-order valence-electron chi connectivity index (χ4n) is 7.46. The molecule has 6 nitrogen and oxygen atoms in total. The van der Waals surface area contributed by atoms with Crippen molar-refractivity contribution in [2.75, 3.05) is 13.2 Å². The predicted molar refractivity (Wildman–Crippen MR) is 238 cm³/mol. The normalized spacial score (nSPS) is 12.1. The number of esters is 3. The quantitative estimate of drug-likeness (QED) is 0.0347. The molecule has 0 spiro atoms. The Kier molecular flexibility index (Phi) is 41.8. The lowest BCUT2D eigenvalue weighted by Crippen LogP contribution is -2.30. The van der Waals surface area contributed by atoms with Crippen molar-refractivity contribution >= 4 is 17.9 Å². The van der Waals surface area contributed by atoms with Crippen LogP contribution in [0.5, 0.6) is 0 Å². The van der Waals surface area contributed by atoms with Crippen molar-refractivity contribution in [3.8, 4) is 0 Å². The fourth-order valence-corrected chi connectivity index (χ4v) is 7.46. The molecule has 0 amide bonds. The highest BCUT2D eigenvalue weighted by Crippen LogP contribution is 2.17. The summed E-state index contributed by atoms with van der Waals surface area (Å²) in [5.41, 5.74) is 0. The van der Waals surface area contributed by atoms with E-state index >= 15 is 0 Å². The van der Waals surface area contributed by atoms with Crippen molar-refractivity contribution in [1.82, 2.24) is 0 Å². The van der Waals surface area contributed by atoms with Gasteiger partial charge in [0, 0.05) is 19.3 Å². The van der Waals surface area contributed by atoms with Crippen LogP contribution in [0.15, 0.2) is 0 Å². The first kappa shape index (κ1) is 54.4. The molecule has 0 N–H and O–H groups in total. The summed E-state index contributed by atoms with van der Waals surface area (Å²) in [5, 5.41) is 0. The van der Waals surface area contributed by atoms with Gasteiger partial charge >= 0.3 is 17.9 Å². The lowest BCUT2D eigenvalue weighted by molar-refractivity contribution is -0.167. The maximum atomic E-state index is 12.7. The van der Waals surface area contributed by atoms with E-state index < -0.39 is 6.10 Å². The summed E-state index contributed by atoms with van der Waals surface area (Å²) < 4.78 is 16.7. The molecular weight excluding hydrogens is 697 g/mol. The van der Waals surface area contributed by atoms with Crippen LogP contribution in [0.3, 0.4) is 0 Å². The number of carbonyl (C=O) groups excluding carboxylic acids is 3. The van der Waals surface area contributed by atoms with Gasteiger partial charge in [-0.1, -0.05) is 234 Å². The Morgan fingerprint density at radius 2 is 0.589 bits per heavy atom. The predicted octanol–water partition coefficient (Wildman–Crippen LogP) is 15.8. The molecule has 0 fully saturated rings. The summed E-state index contributed by atoms with van der Waals surface area (Å²) in [6, 6.07) is 0. The molecular formula is C50H96O6. The summed E-state index contributed by atoms with van der Waals surface area (Å²) in [7, 11) is 0. The number of hydrogen-bond acceptors (Lipinski definition) is 6. The standard InChI is InChI=1S/C50H96O6/c1-6-7-8-9-10-18-27-32-37-42-50(53)56-47(44-55-49(52)41-36-31-26-22-17-20-24-29-34-39-46(4)5)43-54-48(51)40-35-30-25-21-16-14-12-11-13-15-19-23-28-33-38-45(2)3/h45-47H,6-44H2,1-5H3/t47-/m1/s1. The highest BCUT2D eigenvalue weighted by molar-refractivity contribution is 5.71. The van der Waals surface area contributed by atoms with E-state index in [9.17, 15) is 14.4 Å². The van der Waals surface area contributed by atoms with E-state index in [1.807, 2.05) is 0 Å². The molecule has 0 saturated carbocycles. The average molecular weight is 793 g/mol. The van der Waals surface area contributed by atoms with Crippen LogP contribution in [-0.4, -0.2) is 37.2 Å². The Balaban J connectivity index is 4.24. The van der Waals surface area contributed by atoms with Crippen molar-refractivity contribution in [3.05, 3.63) is 0 Å². The van der Waals surface area contributed by atoms with Gasteiger partial charge < -0.3 is 14.2 Å². The highest BCUT2D eigenvalue weighted by Gasteiger charge is 2.19. The topological polar surface area (TPSA) is 78.9 Å². The molecule has 0 aliphatic heterocycles. The summed E-state index contributed by atoms with van der Waals surface area (Å²) in [4.78, 5) is 37.8. The van der Waals surface area contributed by atoms with Gasteiger partial charge in [0.05, 0.1) is 0 Å². The van der Waals surface area contributed by atoms with E-state index in [4.69, 9.17) is 14.2 Å². The van der Waals surface area contributed by atoms with Crippen molar-refractivity contribution in [1.29, 1.82) is 0 Å². The molecule has 0 aromatic heterocycles. The Labute approximate surface area is 348 Å². The zero-order chi connectivity index (χ0) is 41.2. The molecule has 56 heavy (non-hydrogen) atoms. The van der Waals surface area contributed by atoms with Crippen LogP contribution in [0.2, 0.25) is 0 Å². The lowest BCUT2D eigenvalue weighted by Gasteiger charge is -2.18. The molecule has 0 heterocycles. The first-order chi connectivity index (χ1) is 27.2. The summed E-state index contributed by atoms with van der Waals surface area (Å²) in [6.45, 7) is 11.3. The van der Waals surface area contributed by atoms with Crippen LogP contribution in [0.1, 0.15) is 272 Å². The lowest BCUT2D eigenvalue weighted by atomic mass is 10.0. The van der Waals surface area contributed by atoms with Gasteiger partial charge in [0.15, 0.2) is 6.10 Å². The molecule has 0 aliphatic carbocycles. The molecule has 0 aliphatic rings. The van der Waals surface area contributed by atoms with Gasteiger partial charge in [-0.3, -0.25) is 14.4 Å². The smallest absolute Gasteiger partial charge is 0.306 e. The maximum Gasteiger partial charge on any atom is 0.306 e. The Hall–Kier alpha value is -1.59. The van der Waals surface area contributed by atoms with Crippen molar-refractivity contribution in [2.24, 2.45) is 11.8 Å². The van der Waals surface area contributed by atoms with Crippen molar-refractivity contribution in [2.45, 2.75) is 278 Å². The Morgan fingerprint density at radius 1 is 0.339 bits per heavy atom. The number of hydrogen-bond donors (Lipinski definition) is 0. The molecule has 6 heteroatoms. The van der Waals surface area contributed by atoms with Gasteiger partial charge in [-0.25, -0.2) is 0 Å². The third kappa shape index (κ3) is 43.5. The van der Waals surface area contributed by atoms with Crippen molar-refractivity contribution in [3.63, 3.8) is 0 Å². The first-order valence-electron chi connectivity index (χ1n) is 24.7. The van der Waals surface area contributed by atoms with Crippen LogP contribution in [0.4, 0.5) is 0 Å². The Bertz CT molecular complexity index is 854. The van der Waals surface area contributed by atoms with E-state index in [0.29, 0.717) is 19.3 Å².